The molecule has 0 bridgehead atoms. The zero-order chi connectivity index (χ0) is 22.5. The van der Waals surface area contributed by atoms with Crippen LogP contribution in [0.4, 0.5) is 0 Å². The fourth-order valence-corrected chi connectivity index (χ4v) is 4.07. The Bertz CT molecular complexity index is 1210. The van der Waals surface area contributed by atoms with Crippen LogP contribution in [0.15, 0.2) is 29.1 Å². The van der Waals surface area contributed by atoms with Crippen LogP contribution in [0.3, 0.4) is 0 Å². The summed E-state index contributed by atoms with van der Waals surface area (Å²) in [7, 11) is 2.82. The van der Waals surface area contributed by atoms with Crippen LogP contribution in [0, 0.1) is 6.92 Å². The van der Waals surface area contributed by atoms with Crippen LogP contribution in [0.5, 0.6) is 0 Å². The van der Waals surface area contributed by atoms with E-state index in [0.29, 0.717) is 31.8 Å². The summed E-state index contributed by atoms with van der Waals surface area (Å²) < 4.78 is 14.7. The fourth-order valence-electron chi connectivity index (χ4n) is 2.78. The normalized spacial score (nSPS) is 11.5. The molecule has 0 amide bonds. The first-order chi connectivity index (χ1) is 14.8. The molecule has 0 fully saturated rings. The van der Waals surface area contributed by atoms with Crippen molar-refractivity contribution in [3.63, 3.8) is 0 Å². The molecule has 1 N–H and O–H groups in total. The van der Waals surface area contributed by atoms with Crippen molar-refractivity contribution in [3.8, 4) is 0 Å². The van der Waals surface area contributed by atoms with Gasteiger partial charge < -0.3 is 19.2 Å². The molecular weight excluding hydrogens is 444 g/mol. The van der Waals surface area contributed by atoms with Gasteiger partial charge in [0.25, 0.3) is 5.56 Å². The number of aromatic nitrogens is 2. The summed E-state index contributed by atoms with van der Waals surface area (Å²) in [6, 6.07) is 6.58. The number of halogens is 1. The molecule has 3 aromatic rings. The molecular formula is C21H19ClN2O6S. The number of nitrogens with one attached hydrogen (secondary N) is 1. The number of fused-ring (bicyclic) bond motifs is 1. The van der Waals surface area contributed by atoms with E-state index >= 15 is 0 Å². The van der Waals surface area contributed by atoms with Crippen LogP contribution in [-0.2, 0) is 14.2 Å². The molecule has 8 nitrogen and oxygen atoms in total. The lowest BCUT2D eigenvalue weighted by atomic mass is 10.1. The van der Waals surface area contributed by atoms with E-state index in [1.54, 1.807) is 37.3 Å². The highest BCUT2D eigenvalue weighted by atomic mass is 35.5. The first-order valence-electron chi connectivity index (χ1n) is 9.11. The van der Waals surface area contributed by atoms with Crippen molar-refractivity contribution in [2.45, 2.75) is 6.92 Å². The van der Waals surface area contributed by atoms with E-state index in [-0.39, 0.29) is 24.1 Å². The molecule has 0 saturated carbocycles. The lowest BCUT2D eigenvalue weighted by Crippen LogP contribution is -2.11. The van der Waals surface area contributed by atoms with Crippen molar-refractivity contribution in [2.24, 2.45) is 0 Å². The third-order valence-corrected chi connectivity index (χ3v) is 5.81. The van der Waals surface area contributed by atoms with Gasteiger partial charge in [0.15, 0.2) is 5.82 Å². The highest BCUT2D eigenvalue weighted by Gasteiger charge is 2.21. The summed E-state index contributed by atoms with van der Waals surface area (Å²) >= 11 is 7.44. The van der Waals surface area contributed by atoms with Crippen molar-refractivity contribution in [2.75, 3.05) is 27.4 Å². The van der Waals surface area contributed by atoms with Crippen LogP contribution in [-0.4, -0.2) is 49.3 Å². The van der Waals surface area contributed by atoms with Crippen LogP contribution in [0.1, 0.15) is 37.0 Å². The number of carbonyl (C=O) groups is 2. The largest absolute Gasteiger partial charge is 0.465 e. The third kappa shape index (κ3) is 5.01. The molecule has 0 saturated heterocycles. The number of rotatable bonds is 7. The standard InChI is InChI=1S/C21H19ClN2O6S/c1-11-15-18(25)23-17(24-19(15)31-16(11)21(27)30-9-8-28-2)14(22)10-12-4-6-13(7-5-12)20(26)29-3/h4-7,10H,8-9H2,1-3H3,(H,23,24,25)/b14-10-. The van der Waals surface area contributed by atoms with E-state index in [2.05, 4.69) is 14.7 Å². The zero-order valence-electron chi connectivity index (χ0n) is 17.0. The number of aryl methyl sites for hydroxylation is 1. The SMILES string of the molecule is COCCOC(=O)c1sc2nc(/C(Cl)=C/c3ccc(C(=O)OC)cc3)[nH]c(=O)c2c1C. The maximum atomic E-state index is 12.6. The molecule has 2 heterocycles. The smallest absolute Gasteiger partial charge is 0.348 e. The molecule has 0 aliphatic rings. The molecule has 0 atom stereocenters. The highest BCUT2D eigenvalue weighted by molar-refractivity contribution is 7.20. The van der Waals surface area contributed by atoms with E-state index in [0.717, 1.165) is 11.3 Å². The first kappa shape index (κ1) is 22.7. The van der Waals surface area contributed by atoms with Gasteiger partial charge in [-0.3, -0.25) is 4.79 Å². The minimum Gasteiger partial charge on any atom is -0.465 e. The van der Waals surface area contributed by atoms with E-state index in [1.807, 2.05) is 0 Å². The zero-order valence-corrected chi connectivity index (χ0v) is 18.6. The number of ether oxygens (including phenoxy) is 3. The van der Waals surface area contributed by atoms with Crippen molar-refractivity contribution in [1.82, 2.24) is 9.97 Å². The number of H-pyrrole nitrogens is 1. The maximum absolute atomic E-state index is 12.6. The minimum absolute atomic E-state index is 0.112. The number of hydrogen-bond acceptors (Lipinski definition) is 8. The van der Waals surface area contributed by atoms with E-state index in [4.69, 9.17) is 21.1 Å². The van der Waals surface area contributed by atoms with Crippen LogP contribution in [0.2, 0.25) is 0 Å². The van der Waals surface area contributed by atoms with Crippen molar-refractivity contribution in [3.05, 3.63) is 62.0 Å². The van der Waals surface area contributed by atoms with Gasteiger partial charge >= 0.3 is 11.9 Å². The predicted octanol–water partition coefficient (Wildman–Crippen LogP) is 3.62. The number of aromatic amines is 1. The summed E-state index contributed by atoms with van der Waals surface area (Å²) in [4.78, 5) is 44.2. The number of benzene rings is 1. The Hall–Kier alpha value is -3.01. The first-order valence-corrected chi connectivity index (χ1v) is 10.3. The van der Waals surface area contributed by atoms with E-state index < -0.39 is 17.5 Å². The Morgan fingerprint density at radius 3 is 2.52 bits per heavy atom. The van der Waals surface area contributed by atoms with Gasteiger partial charge in [-0.05, 0) is 36.3 Å². The highest BCUT2D eigenvalue weighted by Crippen LogP contribution is 2.29. The number of thiophene rings is 1. The van der Waals surface area contributed by atoms with Crippen molar-refractivity contribution >= 4 is 56.2 Å². The maximum Gasteiger partial charge on any atom is 0.348 e. The lowest BCUT2D eigenvalue weighted by molar-refractivity contribution is 0.0392. The van der Waals surface area contributed by atoms with Crippen LogP contribution < -0.4 is 5.56 Å². The van der Waals surface area contributed by atoms with Gasteiger partial charge in [0.1, 0.15) is 16.3 Å². The van der Waals surface area contributed by atoms with E-state index in [1.165, 1.54) is 14.2 Å². The molecule has 162 valence electrons. The second-order valence-electron chi connectivity index (χ2n) is 6.39. The summed E-state index contributed by atoms with van der Waals surface area (Å²) in [5.41, 5.74) is 1.20. The Kier molecular flexibility index (Phi) is 7.21. The Morgan fingerprint density at radius 1 is 1.16 bits per heavy atom. The summed E-state index contributed by atoms with van der Waals surface area (Å²) in [5, 5.41) is 0.513. The quantitative estimate of drug-likeness (QED) is 0.422. The number of carbonyl (C=O) groups excluding carboxylic acids is 2. The molecule has 10 heteroatoms. The van der Waals surface area contributed by atoms with Gasteiger partial charge in [-0.2, -0.15) is 0 Å². The van der Waals surface area contributed by atoms with Crippen molar-refractivity contribution < 1.29 is 23.8 Å². The van der Waals surface area contributed by atoms with E-state index in [9.17, 15) is 14.4 Å². The Morgan fingerprint density at radius 2 is 1.87 bits per heavy atom. The lowest BCUT2D eigenvalue weighted by Gasteiger charge is -2.02. The molecule has 0 aliphatic carbocycles. The van der Waals surface area contributed by atoms with Crippen LogP contribution >= 0.6 is 22.9 Å². The van der Waals surface area contributed by atoms with Crippen LogP contribution in [0.25, 0.3) is 21.3 Å². The topological polar surface area (TPSA) is 108 Å². The fraction of sp³-hybridized carbons (Fsp3) is 0.238. The summed E-state index contributed by atoms with van der Waals surface area (Å²) in [5.74, 6) is -0.815. The second-order valence-corrected chi connectivity index (χ2v) is 7.79. The molecule has 3 rings (SSSR count). The second kappa shape index (κ2) is 9.86. The van der Waals surface area contributed by atoms with Gasteiger partial charge in [0.2, 0.25) is 0 Å². The van der Waals surface area contributed by atoms with Gasteiger partial charge in [-0.25, -0.2) is 14.6 Å². The summed E-state index contributed by atoms with van der Waals surface area (Å²) in [6.07, 6.45) is 1.60. The van der Waals surface area contributed by atoms with Gasteiger partial charge in [-0.1, -0.05) is 23.7 Å². The van der Waals surface area contributed by atoms with Gasteiger partial charge in [0, 0.05) is 7.11 Å². The molecule has 0 unspecified atom stereocenters. The average molecular weight is 463 g/mol. The predicted molar refractivity (Wildman–Crippen MR) is 119 cm³/mol. The third-order valence-electron chi connectivity index (χ3n) is 4.36. The number of esters is 2. The molecule has 1 aromatic carbocycles. The molecule has 0 radical (unpaired) electrons. The molecule has 0 aliphatic heterocycles. The Labute approximate surface area is 186 Å². The number of methoxy groups -OCH3 is 2. The molecule has 0 spiro atoms. The minimum atomic E-state index is -0.536. The molecule has 2 aromatic heterocycles. The average Bonchev–Trinajstić information content (AvgIpc) is 3.10. The summed E-state index contributed by atoms with van der Waals surface area (Å²) in [6.45, 7) is 2.06. The van der Waals surface area contributed by atoms with Gasteiger partial charge in [-0.15, -0.1) is 11.3 Å². The van der Waals surface area contributed by atoms with Gasteiger partial charge in [0.05, 0.1) is 29.7 Å². The Balaban J connectivity index is 1.92. The number of nitrogens with zero attached hydrogens (tertiary/aromatic N) is 1. The monoisotopic (exact) mass is 462 g/mol. The molecule has 31 heavy (non-hydrogen) atoms. The van der Waals surface area contributed by atoms with Crippen molar-refractivity contribution in [1.29, 1.82) is 0 Å². The number of hydrogen-bond donors (Lipinski definition) is 1.